The minimum absolute atomic E-state index is 0.0802. The number of hydrogen-bond acceptors (Lipinski definition) is 5. The molecule has 28 heavy (non-hydrogen) atoms. The van der Waals surface area contributed by atoms with Crippen molar-refractivity contribution < 1.29 is 35.5 Å². The van der Waals surface area contributed by atoms with E-state index in [9.17, 15) is 31.2 Å². The van der Waals surface area contributed by atoms with Crippen LogP contribution in [0.3, 0.4) is 0 Å². The van der Waals surface area contributed by atoms with Crippen LogP contribution in [0.1, 0.15) is 46.5 Å². The molecule has 0 saturated carbocycles. The van der Waals surface area contributed by atoms with Gasteiger partial charge in [-0.1, -0.05) is 38.5 Å². The minimum Gasteiger partial charge on any atom is -0.266 e. The summed E-state index contributed by atoms with van der Waals surface area (Å²) in [6.07, 6.45) is 1.48. The van der Waals surface area contributed by atoms with Crippen LogP contribution < -0.4 is 0 Å². The molecule has 0 saturated heterocycles. The molecule has 0 aliphatic carbocycles. The zero-order chi connectivity index (χ0) is 20.9. The van der Waals surface area contributed by atoms with Crippen molar-refractivity contribution in [3.05, 3.63) is 47.0 Å². The normalized spacial score (nSPS) is 16.0. The van der Waals surface area contributed by atoms with E-state index in [0.29, 0.717) is 11.8 Å². The number of rotatable bonds is 5. The molecular formula is C18H16F3NO5S. The highest BCUT2D eigenvalue weighted by molar-refractivity contribution is 7.87. The summed E-state index contributed by atoms with van der Waals surface area (Å²) in [6.45, 7) is 4.00. The predicted molar refractivity (Wildman–Crippen MR) is 93.7 cm³/mol. The second kappa shape index (κ2) is 6.85. The maximum Gasteiger partial charge on any atom is 0.525 e. The van der Waals surface area contributed by atoms with Gasteiger partial charge in [0.15, 0.2) is 0 Å². The fraction of sp³-hybridized carbons (Fsp3) is 0.333. The molecule has 0 aromatic heterocycles. The summed E-state index contributed by atoms with van der Waals surface area (Å²) >= 11 is 0. The number of halogens is 3. The summed E-state index contributed by atoms with van der Waals surface area (Å²) < 4.78 is 64.5. The van der Waals surface area contributed by atoms with Gasteiger partial charge in [-0.15, -0.1) is 9.35 Å². The van der Waals surface area contributed by atoms with E-state index in [4.69, 9.17) is 0 Å². The summed E-state index contributed by atoms with van der Waals surface area (Å²) in [4.78, 5) is 25.1. The second-order valence-electron chi connectivity index (χ2n) is 6.64. The van der Waals surface area contributed by atoms with E-state index in [2.05, 4.69) is 4.28 Å². The number of nitrogens with zero attached hydrogens (tertiary/aromatic N) is 1. The number of imide groups is 1. The Morgan fingerprint density at radius 2 is 1.75 bits per heavy atom. The molecule has 150 valence electrons. The van der Waals surface area contributed by atoms with Gasteiger partial charge in [0.2, 0.25) is 0 Å². The molecule has 0 fully saturated rings. The van der Waals surface area contributed by atoms with E-state index >= 15 is 0 Å². The highest BCUT2D eigenvalue weighted by Crippen LogP contribution is 2.34. The summed E-state index contributed by atoms with van der Waals surface area (Å²) in [5.41, 5.74) is -5.23. The molecule has 1 aliphatic heterocycles. The smallest absolute Gasteiger partial charge is 0.266 e. The van der Waals surface area contributed by atoms with E-state index in [0.717, 1.165) is 12.0 Å². The maximum absolute atomic E-state index is 12.7. The number of amides is 2. The number of hydroxylamine groups is 2. The van der Waals surface area contributed by atoms with Crippen LogP contribution >= 0.6 is 0 Å². The Hall–Kier alpha value is -2.46. The van der Waals surface area contributed by atoms with Crippen molar-refractivity contribution in [2.45, 2.75) is 32.2 Å². The average molecular weight is 415 g/mol. The lowest BCUT2D eigenvalue weighted by molar-refractivity contribution is -0.0761. The molecule has 0 spiro atoms. The summed E-state index contributed by atoms with van der Waals surface area (Å²) in [5, 5.41) is 0.482. The number of alkyl halides is 3. The third-order valence-electron chi connectivity index (χ3n) is 4.60. The van der Waals surface area contributed by atoms with Gasteiger partial charge in [0, 0.05) is 5.39 Å². The van der Waals surface area contributed by atoms with Crippen molar-refractivity contribution in [3.8, 4) is 0 Å². The van der Waals surface area contributed by atoms with Crippen LogP contribution in [0.5, 0.6) is 0 Å². The molecule has 2 aromatic rings. The lowest BCUT2D eigenvalue weighted by Gasteiger charge is -2.26. The van der Waals surface area contributed by atoms with Crippen molar-refractivity contribution in [1.29, 1.82) is 0 Å². The van der Waals surface area contributed by atoms with Crippen LogP contribution in [0.25, 0.3) is 10.8 Å². The summed E-state index contributed by atoms with van der Waals surface area (Å²) in [7, 11) is -6.18. The molecule has 6 nitrogen and oxygen atoms in total. The first kappa shape index (κ1) is 20.3. The average Bonchev–Trinajstić information content (AvgIpc) is 2.61. The molecule has 2 amide bonds. The third-order valence-corrected chi connectivity index (χ3v) is 5.52. The highest BCUT2D eigenvalue weighted by atomic mass is 32.2. The number of carbonyl (C=O) groups is 2. The predicted octanol–water partition coefficient (Wildman–Crippen LogP) is 3.81. The van der Waals surface area contributed by atoms with Gasteiger partial charge in [0.05, 0.1) is 11.1 Å². The van der Waals surface area contributed by atoms with E-state index < -0.39 is 27.4 Å². The van der Waals surface area contributed by atoms with Crippen LogP contribution in [0.2, 0.25) is 0 Å². The van der Waals surface area contributed by atoms with Gasteiger partial charge in [0.25, 0.3) is 11.8 Å². The third kappa shape index (κ3) is 3.37. The molecule has 1 unspecified atom stereocenters. The fourth-order valence-corrected chi connectivity index (χ4v) is 3.44. The maximum atomic E-state index is 12.7. The lowest BCUT2D eigenvalue weighted by atomic mass is 9.90. The SMILES string of the molecule is CCC(C)Cc1cc2c3c(cccc3c1)C(=O)N(OS(=O)(=O)C(F)(F)F)C2=O. The molecule has 0 radical (unpaired) electrons. The highest BCUT2D eigenvalue weighted by Gasteiger charge is 2.51. The minimum atomic E-state index is -6.18. The van der Waals surface area contributed by atoms with E-state index in [-0.39, 0.29) is 27.5 Å². The number of benzene rings is 2. The van der Waals surface area contributed by atoms with Gasteiger partial charge < -0.3 is 0 Å². The lowest BCUT2D eigenvalue weighted by Crippen LogP contribution is -2.44. The number of carbonyl (C=O) groups excluding carboxylic acids is 2. The molecule has 1 heterocycles. The Kier molecular flexibility index (Phi) is 4.96. The van der Waals surface area contributed by atoms with Gasteiger partial charge >= 0.3 is 15.6 Å². The first-order chi connectivity index (χ1) is 13.0. The molecule has 2 aromatic carbocycles. The standard InChI is InChI=1S/C18H16F3NO5S/c1-3-10(2)7-11-8-12-5-4-6-13-15(12)14(9-11)17(24)22(16(13)23)27-28(25,26)18(19,20)21/h4-6,8-10H,3,7H2,1-2H3. The molecule has 1 atom stereocenters. The Morgan fingerprint density at radius 3 is 2.36 bits per heavy atom. The second-order valence-corrected chi connectivity index (χ2v) is 8.16. The van der Waals surface area contributed by atoms with Gasteiger partial charge in [-0.2, -0.15) is 21.6 Å². The van der Waals surface area contributed by atoms with Crippen LogP contribution in [-0.2, 0) is 20.8 Å². The summed E-state index contributed by atoms with van der Waals surface area (Å²) in [6, 6.07) is 7.73. The molecular weight excluding hydrogens is 399 g/mol. The van der Waals surface area contributed by atoms with Crippen molar-refractivity contribution in [1.82, 2.24) is 5.06 Å². The van der Waals surface area contributed by atoms with Crippen molar-refractivity contribution >= 4 is 32.7 Å². The molecule has 0 bridgehead atoms. The van der Waals surface area contributed by atoms with Crippen LogP contribution in [0, 0.1) is 5.92 Å². The van der Waals surface area contributed by atoms with Gasteiger partial charge in [-0.3, -0.25) is 9.59 Å². The summed E-state index contributed by atoms with van der Waals surface area (Å²) in [5.74, 6) is -2.25. The molecule has 0 N–H and O–H groups in total. The van der Waals surface area contributed by atoms with Crippen LogP contribution in [-0.4, -0.2) is 30.8 Å². The largest absolute Gasteiger partial charge is 0.525 e. The van der Waals surface area contributed by atoms with Gasteiger partial charge in [0.1, 0.15) is 0 Å². The topological polar surface area (TPSA) is 80.8 Å². The molecule has 10 heteroatoms. The van der Waals surface area contributed by atoms with Crippen LogP contribution in [0.4, 0.5) is 13.2 Å². The van der Waals surface area contributed by atoms with Crippen molar-refractivity contribution in [2.75, 3.05) is 0 Å². The van der Waals surface area contributed by atoms with Crippen molar-refractivity contribution in [3.63, 3.8) is 0 Å². The Bertz CT molecular complexity index is 1080. The monoisotopic (exact) mass is 415 g/mol. The first-order valence-corrected chi connectivity index (χ1v) is 9.82. The van der Waals surface area contributed by atoms with Gasteiger partial charge in [-0.05, 0) is 35.4 Å². The van der Waals surface area contributed by atoms with Crippen molar-refractivity contribution in [2.24, 2.45) is 5.92 Å². The van der Waals surface area contributed by atoms with Crippen LogP contribution in [0.15, 0.2) is 30.3 Å². The zero-order valence-electron chi connectivity index (χ0n) is 14.9. The number of hydrogen-bond donors (Lipinski definition) is 0. The Morgan fingerprint density at radius 1 is 1.11 bits per heavy atom. The zero-order valence-corrected chi connectivity index (χ0v) is 15.7. The Labute approximate surface area is 159 Å². The van der Waals surface area contributed by atoms with E-state index in [1.54, 1.807) is 12.1 Å². The van der Waals surface area contributed by atoms with E-state index in [1.807, 2.05) is 13.8 Å². The van der Waals surface area contributed by atoms with E-state index in [1.165, 1.54) is 18.2 Å². The molecule has 1 aliphatic rings. The Balaban J connectivity index is 2.13. The molecule has 3 rings (SSSR count). The quantitative estimate of drug-likeness (QED) is 0.548. The van der Waals surface area contributed by atoms with Gasteiger partial charge in [-0.25, -0.2) is 0 Å². The first-order valence-electron chi connectivity index (χ1n) is 8.41. The fourth-order valence-electron chi connectivity index (χ4n) is 3.02.